The second-order valence-corrected chi connectivity index (χ2v) is 8.46. The normalized spacial score (nSPS) is 15.6. The van der Waals surface area contributed by atoms with E-state index >= 15 is 0 Å². The summed E-state index contributed by atoms with van der Waals surface area (Å²) in [7, 11) is 0. The van der Waals surface area contributed by atoms with E-state index in [1.54, 1.807) is 12.1 Å². The second-order valence-electron chi connectivity index (χ2n) is 8.46. The number of aliphatic hydroxyl groups is 1. The van der Waals surface area contributed by atoms with Gasteiger partial charge in [0.1, 0.15) is 23.9 Å². The molecule has 8 N–H and O–H groups in total. The predicted molar refractivity (Wildman–Crippen MR) is 120 cm³/mol. The van der Waals surface area contributed by atoms with Crippen LogP contribution in [0.25, 0.3) is 0 Å². The number of carbonyl (C=O) groups excluding carboxylic acids is 3. The number of hydrogen-bond acceptors (Lipinski definition) is 7. The summed E-state index contributed by atoms with van der Waals surface area (Å²) < 4.78 is 0. The first-order chi connectivity index (χ1) is 15.3. The zero-order valence-corrected chi connectivity index (χ0v) is 19.2. The number of aliphatic carboxylic acids is 1. The molecule has 33 heavy (non-hydrogen) atoms. The third kappa shape index (κ3) is 9.46. The van der Waals surface area contributed by atoms with Crippen molar-refractivity contribution >= 4 is 23.7 Å². The summed E-state index contributed by atoms with van der Waals surface area (Å²) in [6, 6.07) is 1.47. The van der Waals surface area contributed by atoms with Crippen molar-refractivity contribution in [3.63, 3.8) is 0 Å². The van der Waals surface area contributed by atoms with Gasteiger partial charge in [0.05, 0.1) is 12.1 Å². The van der Waals surface area contributed by atoms with E-state index in [1.165, 1.54) is 26.0 Å². The minimum atomic E-state index is -1.38. The number of carboxylic acid groups (broad SMARTS) is 1. The third-order valence-electron chi connectivity index (χ3n) is 4.87. The molecule has 0 aliphatic heterocycles. The summed E-state index contributed by atoms with van der Waals surface area (Å²) in [6.07, 6.45) is -0.948. The molecule has 11 heteroatoms. The van der Waals surface area contributed by atoms with E-state index < -0.39 is 54.0 Å². The molecule has 0 saturated heterocycles. The number of aliphatic hydroxyl groups excluding tert-OH is 1. The highest BCUT2D eigenvalue weighted by molar-refractivity contribution is 5.94. The Morgan fingerprint density at radius 3 is 1.97 bits per heavy atom. The van der Waals surface area contributed by atoms with Gasteiger partial charge in [0.25, 0.3) is 0 Å². The minimum absolute atomic E-state index is 0.0249. The van der Waals surface area contributed by atoms with Gasteiger partial charge >= 0.3 is 5.97 Å². The number of nitrogens with one attached hydrogen (secondary N) is 3. The predicted octanol–water partition coefficient (Wildman–Crippen LogP) is -0.752. The van der Waals surface area contributed by atoms with Crippen LogP contribution >= 0.6 is 0 Å². The van der Waals surface area contributed by atoms with Gasteiger partial charge in [0.2, 0.25) is 17.7 Å². The minimum Gasteiger partial charge on any atom is -0.508 e. The molecule has 5 unspecified atom stereocenters. The smallest absolute Gasteiger partial charge is 0.326 e. The van der Waals surface area contributed by atoms with Crippen molar-refractivity contribution < 1.29 is 34.5 Å². The van der Waals surface area contributed by atoms with E-state index in [1.807, 2.05) is 13.8 Å². The molecule has 5 atom stereocenters. The molecule has 0 fully saturated rings. The number of rotatable bonds is 12. The van der Waals surface area contributed by atoms with Crippen LogP contribution in [0.5, 0.6) is 5.75 Å². The Bertz CT molecular complexity index is 827. The quantitative estimate of drug-likeness (QED) is 0.209. The molecule has 0 radical (unpaired) electrons. The number of hydrogen-bond donors (Lipinski definition) is 7. The summed E-state index contributed by atoms with van der Waals surface area (Å²) in [4.78, 5) is 48.7. The van der Waals surface area contributed by atoms with Crippen LogP contribution in [-0.2, 0) is 25.6 Å². The Morgan fingerprint density at radius 2 is 1.48 bits per heavy atom. The van der Waals surface area contributed by atoms with Gasteiger partial charge in [-0.1, -0.05) is 26.0 Å². The van der Waals surface area contributed by atoms with E-state index in [2.05, 4.69) is 16.0 Å². The number of phenolic OH excluding ortho intramolecular Hbond substituents is 1. The van der Waals surface area contributed by atoms with E-state index in [4.69, 9.17) is 5.73 Å². The standard InChI is InChI=1S/C22H34N4O7/c1-11(2)9-17(22(32)33)25-19(29)12(3)24-21(31)18(13(4)27)26-20(30)16(23)10-14-5-7-15(28)8-6-14/h5-8,11-13,16-18,27-28H,9-10,23H2,1-4H3,(H,24,31)(H,25,29)(H,26,30)(H,32,33). The van der Waals surface area contributed by atoms with Crippen LogP contribution in [0.15, 0.2) is 24.3 Å². The van der Waals surface area contributed by atoms with Gasteiger partial charge in [-0.3, -0.25) is 14.4 Å². The van der Waals surface area contributed by atoms with Gasteiger partial charge in [-0.2, -0.15) is 0 Å². The zero-order chi connectivity index (χ0) is 25.3. The van der Waals surface area contributed by atoms with Crippen molar-refractivity contribution in [1.82, 2.24) is 16.0 Å². The van der Waals surface area contributed by atoms with Crippen LogP contribution < -0.4 is 21.7 Å². The fourth-order valence-corrected chi connectivity index (χ4v) is 3.00. The highest BCUT2D eigenvalue weighted by Crippen LogP contribution is 2.11. The molecule has 0 saturated carbocycles. The largest absolute Gasteiger partial charge is 0.508 e. The molecular weight excluding hydrogens is 432 g/mol. The third-order valence-corrected chi connectivity index (χ3v) is 4.87. The zero-order valence-electron chi connectivity index (χ0n) is 19.2. The number of carbonyl (C=O) groups is 4. The number of nitrogens with two attached hydrogens (primary N) is 1. The van der Waals surface area contributed by atoms with Crippen LogP contribution in [0, 0.1) is 5.92 Å². The first-order valence-corrected chi connectivity index (χ1v) is 10.7. The fraction of sp³-hybridized carbons (Fsp3) is 0.545. The van der Waals surface area contributed by atoms with Crippen molar-refractivity contribution in [3.8, 4) is 5.75 Å². The Morgan fingerprint density at radius 1 is 0.909 bits per heavy atom. The molecule has 0 heterocycles. The maximum Gasteiger partial charge on any atom is 0.326 e. The molecule has 1 aromatic carbocycles. The average Bonchev–Trinajstić information content (AvgIpc) is 2.71. The van der Waals surface area contributed by atoms with Crippen molar-refractivity contribution in [2.75, 3.05) is 0 Å². The number of benzene rings is 1. The molecule has 3 amide bonds. The Kier molecular flexibility index (Phi) is 10.8. The highest BCUT2D eigenvalue weighted by Gasteiger charge is 2.31. The van der Waals surface area contributed by atoms with Crippen LogP contribution in [-0.4, -0.2) is 69.3 Å². The lowest BCUT2D eigenvalue weighted by atomic mass is 10.0. The van der Waals surface area contributed by atoms with E-state index in [9.17, 15) is 34.5 Å². The van der Waals surface area contributed by atoms with E-state index in [0.717, 1.165) is 0 Å². The molecule has 0 aromatic heterocycles. The van der Waals surface area contributed by atoms with Gasteiger partial charge in [0.15, 0.2) is 0 Å². The molecule has 11 nitrogen and oxygen atoms in total. The van der Waals surface area contributed by atoms with Crippen molar-refractivity contribution in [3.05, 3.63) is 29.8 Å². The summed E-state index contributed by atoms with van der Waals surface area (Å²) >= 11 is 0. The topological polar surface area (TPSA) is 191 Å². The molecule has 184 valence electrons. The van der Waals surface area contributed by atoms with E-state index in [0.29, 0.717) is 5.56 Å². The van der Waals surface area contributed by atoms with Crippen LogP contribution in [0.2, 0.25) is 0 Å². The molecule has 0 aliphatic carbocycles. The summed E-state index contributed by atoms with van der Waals surface area (Å²) in [5.74, 6) is -3.32. The van der Waals surface area contributed by atoms with Crippen molar-refractivity contribution in [1.29, 1.82) is 0 Å². The molecule has 1 rings (SSSR count). The Hall–Kier alpha value is -3.18. The van der Waals surface area contributed by atoms with Crippen LogP contribution in [0.3, 0.4) is 0 Å². The number of phenols is 1. The van der Waals surface area contributed by atoms with E-state index in [-0.39, 0.29) is 24.5 Å². The van der Waals surface area contributed by atoms with Crippen molar-refractivity contribution in [2.45, 2.75) is 70.8 Å². The second kappa shape index (κ2) is 12.8. The maximum absolute atomic E-state index is 12.6. The van der Waals surface area contributed by atoms with Gasteiger partial charge in [-0.25, -0.2) is 4.79 Å². The van der Waals surface area contributed by atoms with Crippen LogP contribution in [0.4, 0.5) is 0 Å². The molecular formula is C22H34N4O7. The summed E-state index contributed by atoms with van der Waals surface area (Å²) in [5.41, 5.74) is 6.59. The monoisotopic (exact) mass is 466 g/mol. The van der Waals surface area contributed by atoms with Gasteiger partial charge in [-0.15, -0.1) is 0 Å². The molecule has 0 spiro atoms. The molecule has 1 aromatic rings. The lowest BCUT2D eigenvalue weighted by Gasteiger charge is -2.25. The highest BCUT2D eigenvalue weighted by atomic mass is 16.4. The average molecular weight is 467 g/mol. The molecule has 0 bridgehead atoms. The summed E-state index contributed by atoms with van der Waals surface area (Å²) in [5, 5.41) is 35.7. The lowest BCUT2D eigenvalue weighted by molar-refractivity contribution is -0.142. The van der Waals surface area contributed by atoms with Crippen molar-refractivity contribution in [2.24, 2.45) is 11.7 Å². The number of carboxylic acids is 1. The van der Waals surface area contributed by atoms with Gasteiger partial charge < -0.3 is 37.0 Å². The maximum atomic E-state index is 12.6. The Balaban J connectivity index is 2.73. The van der Waals surface area contributed by atoms with Gasteiger partial charge in [-0.05, 0) is 50.3 Å². The number of aromatic hydroxyl groups is 1. The summed E-state index contributed by atoms with van der Waals surface area (Å²) in [6.45, 7) is 6.29. The first-order valence-electron chi connectivity index (χ1n) is 10.7. The Labute approximate surface area is 192 Å². The van der Waals surface area contributed by atoms with Crippen LogP contribution in [0.1, 0.15) is 39.7 Å². The van der Waals surface area contributed by atoms with Gasteiger partial charge in [0, 0.05) is 0 Å². The number of amides is 3. The SMILES string of the molecule is CC(C)CC(NC(=O)C(C)NC(=O)C(NC(=O)C(N)Cc1ccc(O)cc1)C(C)O)C(=O)O. The lowest BCUT2D eigenvalue weighted by Crippen LogP contribution is -2.59. The first kappa shape index (κ1) is 27.9. The fourth-order valence-electron chi connectivity index (χ4n) is 3.00. The molecule has 0 aliphatic rings.